The van der Waals surface area contributed by atoms with Crippen molar-refractivity contribution in [1.82, 2.24) is 0 Å². The van der Waals surface area contributed by atoms with Crippen molar-refractivity contribution >= 4 is 92.6 Å². The largest absolute Gasteiger partial charge is 0.144 e. The van der Waals surface area contributed by atoms with Crippen LogP contribution in [0, 0.1) is 0 Å². The zero-order chi connectivity index (χ0) is 24.4. The molecule has 0 saturated heterocycles. The first kappa shape index (κ1) is 25.6. The van der Waals surface area contributed by atoms with Crippen molar-refractivity contribution in [2.75, 3.05) is 0 Å². The van der Waals surface area contributed by atoms with Gasteiger partial charge < -0.3 is 0 Å². The zero-order valence-corrected chi connectivity index (χ0v) is 26.7. The molecule has 0 N–H and O–H groups in total. The third-order valence-electron chi connectivity index (χ3n) is 6.41. The minimum atomic E-state index is -0.354. The first-order valence-corrected chi connectivity index (χ1v) is 20.2. The summed E-state index contributed by atoms with van der Waals surface area (Å²) >= 11 is 7.92. The maximum atomic E-state index is 2.39. The number of hydrogen-bond acceptors (Lipinski definition) is 4. The highest BCUT2D eigenvalue weighted by atomic mass is 32.1. The Bertz CT molecular complexity index is 1400. The fourth-order valence-electron chi connectivity index (χ4n) is 4.33. The van der Waals surface area contributed by atoms with Gasteiger partial charge in [-0.3, -0.25) is 0 Å². The molecule has 1 aliphatic heterocycles. The molecule has 4 aromatic rings. The minimum Gasteiger partial charge on any atom is -0.144 e. The second kappa shape index (κ2) is 11.5. The van der Waals surface area contributed by atoms with Gasteiger partial charge in [0.2, 0.25) is 0 Å². The van der Waals surface area contributed by atoms with Gasteiger partial charge in [-0.2, -0.15) is 0 Å². The quantitative estimate of drug-likeness (QED) is 0.129. The van der Waals surface area contributed by atoms with Crippen LogP contribution < -0.4 is 9.00 Å². The maximum absolute atomic E-state index is 2.39. The lowest BCUT2D eigenvalue weighted by Gasteiger charge is -2.05. The molecule has 0 atom stereocenters. The highest BCUT2D eigenvalue weighted by Crippen LogP contribution is 2.39. The summed E-state index contributed by atoms with van der Waals surface area (Å²) in [6, 6.07) is 24.0. The summed E-state index contributed by atoms with van der Waals surface area (Å²) in [5.74, 6) is 0. The van der Waals surface area contributed by atoms with Gasteiger partial charge in [0.25, 0.3) is 0 Å². The lowest BCUT2D eigenvalue weighted by atomic mass is 10.2. The van der Waals surface area contributed by atoms with Gasteiger partial charge in [-0.15, -0.1) is 56.3 Å². The topological polar surface area (TPSA) is 0 Å². The van der Waals surface area contributed by atoms with Crippen LogP contribution in [0.25, 0.3) is 19.5 Å². The Morgan fingerprint density at radius 1 is 0.457 bits per heavy atom. The van der Waals surface area contributed by atoms with E-state index in [0.29, 0.717) is 0 Å². The van der Waals surface area contributed by atoms with Gasteiger partial charge in [-0.1, -0.05) is 64.0 Å². The van der Waals surface area contributed by atoms with E-state index in [-0.39, 0.29) is 17.6 Å². The Morgan fingerprint density at radius 3 is 1.31 bits per heavy atom. The van der Waals surface area contributed by atoms with Gasteiger partial charge in [-0.05, 0) is 57.6 Å². The summed E-state index contributed by atoms with van der Waals surface area (Å²) in [6.45, 7) is 9.38. The maximum Gasteiger partial charge on any atom is 0.0987 e. The first-order valence-electron chi connectivity index (χ1n) is 12.3. The standard InChI is InChI=1S/C28H30S5Si2/c1-5-34(6-2)27-17-15-25(32-27)23-13-11-21(30-23)19-9-10-20(29-19)22-12-14-24(31-22)26-16-18-28(33-26)35(7-3)8-4/h9-18H,5-8H2,1-4H3. The number of thiophene rings is 4. The van der Waals surface area contributed by atoms with Crippen molar-refractivity contribution in [2.24, 2.45) is 0 Å². The number of hydrogen-bond donors (Lipinski definition) is 0. The van der Waals surface area contributed by atoms with Crippen molar-refractivity contribution in [3.05, 3.63) is 70.4 Å². The Balaban J connectivity index is 1.35. The number of rotatable bonds is 10. The molecule has 0 amide bonds. The molecule has 0 aromatic carbocycles. The smallest absolute Gasteiger partial charge is 0.0987 e. The average molecular weight is 583 g/mol. The van der Waals surface area contributed by atoms with Crippen molar-refractivity contribution in [3.63, 3.8) is 0 Å². The molecule has 5 rings (SSSR count). The fraction of sp³-hybridized carbons (Fsp3) is 0.286. The Labute approximate surface area is 232 Å². The van der Waals surface area contributed by atoms with Crippen LogP contribution in [0.4, 0.5) is 0 Å². The number of allylic oxidation sites excluding steroid dienone is 2. The van der Waals surface area contributed by atoms with Gasteiger partial charge >= 0.3 is 0 Å². The van der Waals surface area contributed by atoms with Gasteiger partial charge in [-0.25, -0.2) is 0 Å². The van der Waals surface area contributed by atoms with Gasteiger partial charge in [0.05, 0.1) is 17.6 Å². The molecule has 0 saturated carbocycles. The summed E-state index contributed by atoms with van der Waals surface area (Å²) in [5, 5.41) is 0. The van der Waals surface area contributed by atoms with Gasteiger partial charge in [0.1, 0.15) is 0 Å². The lowest BCUT2D eigenvalue weighted by molar-refractivity contribution is 1.33. The first-order chi connectivity index (χ1) is 17.1. The molecule has 4 aromatic heterocycles. The molecule has 0 fully saturated rings. The van der Waals surface area contributed by atoms with Crippen molar-refractivity contribution < 1.29 is 0 Å². The molecular formula is C28H30S5Si2. The van der Waals surface area contributed by atoms with Gasteiger partial charge in [0.15, 0.2) is 0 Å². The SMILES string of the molecule is CC[Si](CC)c1ccc(C2=S=C(c3ccc(-c4ccc(-c5ccc([Si](CC)CC)s5)s4)s3)C=C2)s1. The van der Waals surface area contributed by atoms with E-state index in [1.54, 1.807) is 9.00 Å². The van der Waals surface area contributed by atoms with E-state index in [1.165, 1.54) is 63.2 Å². The minimum absolute atomic E-state index is 0.354. The van der Waals surface area contributed by atoms with Gasteiger partial charge in [0, 0.05) is 39.0 Å². The molecule has 0 nitrogen and oxygen atoms in total. The van der Waals surface area contributed by atoms with Crippen LogP contribution in [0.2, 0.25) is 24.2 Å². The molecule has 0 bridgehead atoms. The molecule has 180 valence electrons. The summed E-state index contributed by atoms with van der Waals surface area (Å²) in [5.41, 5.74) is 0. The summed E-state index contributed by atoms with van der Waals surface area (Å²) < 4.78 is 3.27. The normalized spacial score (nSPS) is 13.5. The molecule has 5 heterocycles. The van der Waals surface area contributed by atoms with E-state index in [2.05, 4.69) is 88.4 Å². The Hall–Kier alpha value is -1.07. The van der Waals surface area contributed by atoms with Crippen LogP contribution in [-0.2, 0) is 0 Å². The third kappa shape index (κ3) is 5.47. The van der Waals surface area contributed by atoms with E-state index in [1.807, 2.05) is 56.3 Å². The summed E-state index contributed by atoms with van der Waals surface area (Å²) in [4.78, 5) is 11.2. The predicted octanol–water partition coefficient (Wildman–Crippen LogP) is 8.79. The molecule has 1 aliphatic rings. The highest BCUT2D eigenvalue weighted by molar-refractivity contribution is 8.00. The Kier molecular flexibility index (Phi) is 8.44. The summed E-state index contributed by atoms with van der Waals surface area (Å²) in [7, 11) is 1.23. The van der Waals surface area contributed by atoms with E-state index in [0.717, 1.165) is 0 Å². The molecular weight excluding hydrogens is 553 g/mol. The van der Waals surface area contributed by atoms with Crippen LogP contribution in [0.15, 0.2) is 60.7 Å². The van der Waals surface area contributed by atoms with Crippen LogP contribution in [0.3, 0.4) is 0 Å². The summed E-state index contributed by atoms with van der Waals surface area (Å²) in [6.07, 6.45) is 4.63. The predicted molar refractivity (Wildman–Crippen MR) is 173 cm³/mol. The van der Waals surface area contributed by atoms with Crippen LogP contribution >= 0.6 is 56.3 Å². The van der Waals surface area contributed by atoms with E-state index < -0.39 is 0 Å². The second-order valence-electron chi connectivity index (χ2n) is 8.44. The van der Waals surface area contributed by atoms with Crippen LogP contribution in [-0.4, -0.2) is 27.3 Å². The molecule has 0 spiro atoms. The van der Waals surface area contributed by atoms with E-state index in [4.69, 9.17) is 0 Å². The Morgan fingerprint density at radius 2 is 0.800 bits per heavy atom. The molecule has 2 radical (unpaired) electrons. The molecule has 7 heteroatoms. The van der Waals surface area contributed by atoms with Crippen molar-refractivity contribution in [3.8, 4) is 19.5 Å². The zero-order valence-electron chi connectivity index (χ0n) is 20.6. The highest BCUT2D eigenvalue weighted by Gasteiger charge is 2.17. The molecule has 0 unspecified atom stereocenters. The van der Waals surface area contributed by atoms with Crippen LogP contribution in [0.5, 0.6) is 0 Å². The average Bonchev–Trinajstić information content (AvgIpc) is 3.68. The van der Waals surface area contributed by atoms with Crippen LogP contribution in [0.1, 0.15) is 37.4 Å². The fourth-order valence-corrected chi connectivity index (χ4v) is 15.8. The lowest BCUT2D eigenvalue weighted by Crippen LogP contribution is -2.24. The van der Waals surface area contributed by atoms with E-state index >= 15 is 0 Å². The van der Waals surface area contributed by atoms with Crippen molar-refractivity contribution in [2.45, 2.75) is 51.9 Å². The monoisotopic (exact) mass is 582 g/mol. The molecule has 0 aliphatic carbocycles. The van der Waals surface area contributed by atoms with Crippen molar-refractivity contribution in [1.29, 1.82) is 0 Å². The van der Waals surface area contributed by atoms with E-state index in [9.17, 15) is 0 Å². The second-order valence-corrected chi connectivity index (χ2v) is 20.9. The third-order valence-corrected chi connectivity index (χ3v) is 19.7. The molecule has 35 heavy (non-hydrogen) atoms.